The summed E-state index contributed by atoms with van der Waals surface area (Å²) in [6.45, 7) is 5.59. The molecule has 0 bridgehead atoms. The Morgan fingerprint density at radius 2 is 2.00 bits per heavy atom. The summed E-state index contributed by atoms with van der Waals surface area (Å²) < 4.78 is 0. The molecule has 1 N–H and O–H groups in total. The van der Waals surface area contributed by atoms with Crippen LogP contribution in [0.2, 0.25) is 0 Å². The average molecular weight is 195 g/mol. The van der Waals surface area contributed by atoms with Crippen LogP contribution in [0.3, 0.4) is 0 Å². The first-order valence-corrected chi connectivity index (χ1v) is 6.24. The van der Waals surface area contributed by atoms with E-state index in [9.17, 15) is 0 Å². The molecule has 0 saturated heterocycles. The minimum Gasteiger partial charge on any atom is -0.311 e. The highest BCUT2D eigenvalue weighted by Crippen LogP contribution is 2.24. The zero-order valence-corrected chi connectivity index (χ0v) is 9.76. The summed E-state index contributed by atoms with van der Waals surface area (Å²) in [6, 6.07) is 0.553. The Bertz CT molecular complexity index is 157. The average Bonchev–Trinajstić information content (AvgIpc) is 2.25. The van der Waals surface area contributed by atoms with Gasteiger partial charge in [-0.15, -0.1) is 0 Å². The van der Waals surface area contributed by atoms with Gasteiger partial charge in [0.1, 0.15) is 0 Å². The van der Waals surface area contributed by atoms with E-state index >= 15 is 0 Å². The molecule has 1 fully saturated rings. The first kappa shape index (κ1) is 11.8. The molecule has 1 heteroatoms. The van der Waals surface area contributed by atoms with Gasteiger partial charge in [0.05, 0.1) is 0 Å². The second-order valence-electron chi connectivity index (χ2n) is 4.53. The zero-order chi connectivity index (χ0) is 10.2. The van der Waals surface area contributed by atoms with Gasteiger partial charge in [-0.1, -0.05) is 38.3 Å². The van der Waals surface area contributed by atoms with Crippen LogP contribution >= 0.6 is 0 Å². The van der Waals surface area contributed by atoms with Crippen LogP contribution in [-0.4, -0.2) is 12.6 Å². The highest BCUT2D eigenvalue weighted by molar-refractivity contribution is 4.95. The molecule has 82 valence electrons. The Morgan fingerprint density at radius 3 is 2.64 bits per heavy atom. The van der Waals surface area contributed by atoms with Crippen molar-refractivity contribution in [2.75, 3.05) is 6.54 Å². The first-order valence-electron chi connectivity index (χ1n) is 6.24. The summed E-state index contributed by atoms with van der Waals surface area (Å²) in [7, 11) is 0. The third-order valence-electron chi connectivity index (χ3n) is 3.04. The van der Waals surface area contributed by atoms with Crippen molar-refractivity contribution in [1.29, 1.82) is 0 Å². The second-order valence-corrected chi connectivity index (χ2v) is 4.53. The maximum absolute atomic E-state index is 3.49. The first-order chi connectivity index (χ1) is 6.83. The van der Waals surface area contributed by atoms with E-state index in [1.165, 1.54) is 38.5 Å². The van der Waals surface area contributed by atoms with Gasteiger partial charge < -0.3 is 5.32 Å². The van der Waals surface area contributed by atoms with Crippen LogP contribution in [0, 0.1) is 5.92 Å². The molecule has 1 rings (SSSR count). The molecule has 1 saturated carbocycles. The van der Waals surface area contributed by atoms with Crippen LogP contribution in [-0.2, 0) is 0 Å². The predicted molar refractivity (Wildman–Crippen MR) is 63.5 cm³/mol. The third-order valence-corrected chi connectivity index (χ3v) is 3.04. The molecule has 1 aliphatic rings. The molecule has 0 aromatic carbocycles. The van der Waals surface area contributed by atoms with E-state index in [0.717, 1.165) is 12.5 Å². The molecule has 0 radical (unpaired) electrons. The number of hydrogen-bond donors (Lipinski definition) is 1. The van der Waals surface area contributed by atoms with Crippen molar-refractivity contribution < 1.29 is 0 Å². The van der Waals surface area contributed by atoms with Crippen LogP contribution < -0.4 is 5.32 Å². The molecule has 1 atom stereocenters. The van der Waals surface area contributed by atoms with Crippen molar-refractivity contribution in [3.8, 4) is 0 Å². The van der Waals surface area contributed by atoms with Crippen LogP contribution in [0.5, 0.6) is 0 Å². The van der Waals surface area contributed by atoms with Gasteiger partial charge in [-0.2, -0.15) is 0 Å². The summed E-state index contributed by atoms with van der Waals surface area (Å²) in [4.78, 5) is 0. The molecule has 14 heavy (non-hydrogen) atoms. The predicted octanol–water partition coefficient (Wildman–Crippen LogP) is 3.51. The fraction of sp³-hybridized carbons (Fsp3) is 0.846. The van der Waals surface area contributed by atoms with Crippen molar-refractivity contribution in [2.24, 2.45) is 5.92 Å². The standard InChI is InChI=1S/C13H25N/c1-3-11-14-12(2)9-10-13-7-5-4-6-8-13/h9-10,12-14H,3-8,11H2,1-2H3/b10-9+. The Balaban J connectivity index is 2.16. The van der Waals surface area contributed by atoms with E-state index in [4.69, 9.17) is 0 Å². The SMILES string of the molecule is CCCNC(C)/C=C/C1CCCCC1. The van der Waals surface area contributed by atoms with Crippen molar-refractivity contribution in [2.45, 2.75) is 58.4 Å². The van der Waals surface area contributed by atoms with Gasteiger partial charge >= 0.3 is 0 Å². The number of allylic oxidation sites excluding steroid dienone is 1. The van der Waals surface area contributed by atoms with E-state index < -0.39 is 0 Å². The van der Waals surface area contributed by atoms with Gasteiger partial charge in [0.15, 0.2) is 0 Å². The minimum atomic E-state index is 0.553. The van der Waals surface area contributed by atoms with Crippen LogP contribution in [0.15, 0.2) is 12.2 Å². The van der Waals surface area contributed by atoms with Gasteiger partial charge in [-0.3, -0.25) is 0 Å². The van der Waals surface area contributed by atoms with Gasteiger partial charge in [0, 0.05) is 6.04 Å². The number of hydrogen-bond acceptors (Lipinski definition) is 1. The smallest absolute Gasteiger partial charge is 0.0221 e. The highest BCUT2D eigenvalue weighted by Gasteiger charge is 2.09. The van der Waals surface area contributed by atoms with E-state index in [1.807, 2.05) is 0 Å². The molecule has 0 heterocycles. The maximum Gasteiger partial charge on any atom is 0.0221 e. The Hall–Kier alpha value is -0.300. The second kappa shape index (κ2) is 7.05. The normalized spacial score (nSPS) is 21.6. The van der Waals surface area contributed by atoms with Crippen molar-refractivity contribution >= 4 is 0 Å². The molecule has 1 aliphatic carbocycles. The molecule has 0 spiro atoms. The van der Waals surface area contributed by atoms with E-state index in [0.29, 0.717) is 6.04 Å². The van der Waals surface area contributed by atoms with E-state index in [1.54, 1.807) is 0 Å². The Morgan fingerprint density at radius 1 is 1.29 bits per heavy atom. The summed E-state index contributed by atoms with van der Waals surface area (Å²) in [6.07, 6.45) is 13.2. The van der Waals surface area contributed by atoms with Gasteiger partial charge in [0.25, 0.3) is 0 Å². The van der Waals surface area contributed by atoms with Gasteiger partial charge in [0.2, 0.25) is 0 Å². The molecule has 1 nitrogen and oxygen atoms in total. The zero-order valence-electron chi connectivity index (χ0n) is 9.76. The van der Waals surface area contributed by atoms with Crippen LogP contribution in [0.4, 0.5) is 0 Å². The summed E-state index contributed by atoms with van der Waals surface area (Å²) in [5.41, 5.74) is 0. The summed E-state index contributed by atoms with van der Waals surface area (Å²) >= 11 is 0. The van der Waals surface area contributed by atoms with Gasteiger partial charge in [-0.25, -0.2) is 0 Å². The molecule has 0 aliphatic heterocycles. The topological polar surface area (TPSA) is 12.0 Å². The highest BCUT2D eigenvalue weighted by atomic mass is 14.9. The molecular weight excluding hydrogens is 170 g/mol. The maximum atomic E-state index is 3.49. The minimum absolute atomic E-state index is 0.553. The fourth-order valence-electron chi connectivity index (χ4n) is 2.09. The lowest BCUT2D eigenvalue weighted by Crippen LogP contribution is -2.24. The summed E-state index contributed by atoms with van der Waals surface area (Å²) in [5, 5.41) is 3.49. The van der Waals surface area contributed by atoms with Crippen molar-refractivity contribution in [3.63, 3.8) is 0 Å². The van der Waals surface area contributed by atoms with Crippen LogP contribution in [0.1, 0.15) is 52.4 Å². The Labute approximate surface area is 89.0 Å². The van der Waals surface area contributed by atoms with E-state index in [-0.39, 0.29) is 0 Å². The molecular formula is C13H25N. The van der Waals surface area contributed by atoms with Crippen molar-refractivity contribution in [1.82, 2.24) is 5.32 Å². The largest absolute Gasteiger partial charge is 0.311 e. The quantitative estimate of drug-likeness (QED) is 0.662. The molecule has 0 aromatic heterocycles. The summed E-state index contributed by atoms with van der Waals surface area (Å²) in [5.74, 6) is 0.870. The van der Waals surface area contributed by atoms with Gasteiger partial charge in [-0.05, 0) is 38.6 Å². The number of nitrogens with one attached hydrogen (secondary N) is 1. The third kappa shape index (κ3) is 4.80. The molecule has 0 amide bonds. The molecule has 1 unspecified atom stereocenters. The van der Waals surface area contributed by atoms with Crippen LogP contribution in [0.25, 0.3) is 0 Å². The lowest BCUT2D eigenvalue weighted by atomic mass is 9.89. The lowest BCUT2D eigenvalue weighted by Gasteiger charge is -2.18. The van der Waals surface area contributed by atoms with Crippen molar-refractivity contribution in [3.05, 3.63) is 12.2 Å². The fourth-order valence-corrected chi connectivity index (χ4v) is 2.09. The van der Waals surface area contributed by atoms with E-state index in [2.05, 4.69) is 31.3 Å². The lowest BCUT2D eigenvalue weighted by molar-refractivity contribution is 0.418. The molecule has 0 aromatic rings. The number of rotatable bonds is 5. The Kier molecular flexibility index (Phi) is 5.93. The monoisotopic (exact) mass is 195 g/mol.